The second-order valence-electron chi connectivity index (χ2n) is 7.52. The second kappa shape index (κ2) is 5.85. The third-order valence-corrected chi connectivity index (χ3v) is 5.84. The number of rotatable bonds is 0. The van der Waals surface area contributed by atoms with E-state index in [1.807, 2.05) is 0 Å². The predicted molar refractivity (Wildman–Crippen MR) is 91.2 cm³/mol. The molecule has 0 atom stereocenters. The minimum absolute atomic E-state index is 0.505. The lowest BCUT2D eigenvalue weighted by atomic mass is 9.73. The zero-order valence-electron chi connectivity index (χ0n) is 15.4. The molecule has 10 heteroatoms. The van der Waals surface area contributed by atoms with Crippen molar-refractivity contribution in [3.8, 4) is 0 Å². The molecule has 0 amide bonds. The van der Waals surface area contributed by atoms with E-state index in [4.69, 9.17) is 0 Å². The molecule has 0 saturated carbocycles. The van der Waals surface area contributed by atoms with Crippen molar-refractivity contribution in [2.24, 2.45) is 0 Å². The van der Waals surface area contributed by atoms with Crippen molar-refractivity contribution in [1.82, 2.24) is 0 Å². The van der Waals surface area contributed by atoms with Crippen molar-refractivity contribution in [2.45, 2.75) is 23.7 Å². The summed E-state index contributed by atoms with van der Waals surface area (Å²) >= 11 is 0. The van der Waals surface area contributed by atoms with Gasteiger partial charge >= 0.3 is 23.7 Å². The van der Waals surface area contributed by atoms with Crippen molar-refractivity contribution < 1.29 is 43.9 Å². The maximum atomic E-state index is 15.3. The van der Waals surface area contributed by atoms with Crippen molar-refractivity contribution in [2.75, 3.05) is 0 Å². The smallest absolute Gasteiger partial charge is 0.206 e. The first-order valence-electron chi connectivity index (χ1n) is 9.04. The molecule has 3 aromatic carbocycles. The van der Waals surface area contributed by atoms with Crippen LogP contribution in [0.4, 0.5) is 43.9 Å². The van der Waals surface area contributed by atoms with Gasteiger partial charge in [0, 0.05) is 22.3 Å². The lowest BCUT2D eigenvalue weighted by Gasteiger charge is -2.39. The quantitative estimate of drug-likeness (QED) is 0.311. The fourth-order valence-corrected chi connectivity index (χ4v) is 4.47. The Morgan fingerprint density at radius 1 is 0.375 bits per heavy atom. The predicted octanol–water partition coefficient (Wildman–Crippen LogP) is 7.15. The summed E-state index contributed by atoms with van der Waals surface area (Å²) in [5.74, 6) is -24.2. The summed E-state index contributed by atoms with van der Waals surface area (Å²) in [6.07, 6.45) is 0. The second-order valence-corrected chi connectivity index (χ2v) is 7.52. The van der Waals surface area contributed by atoms with Crippen molar-refractivity contribution >= 4 is 0 Å². The molecule has 0 N–H and O–H groups in total. The van der Waals surface area contributed by atoms with Crippen LogP contribution in [0.1, 0.15) is 44.5 Å². The van der Waals surface area contributed by atoms with E-state index in [1.165, 1.54) is 0 Å². The Kier molecular flexibility index (Phi) is 3.81. The van der Waals surface area contributed by atoms with Gasteiger partial charge < -0.3 is 0 Å². The average Bonchev–Trinajstić information content (AvgIpc) is 2.72. The summed E-state index contributed by atoms with van der Waals surface area (Å²) in [5, 5.41) is 0. The molecular weight excluding hydrogens is 454 g/mol. The maximum Gasteiger partial charge on any atom is 0.302 e. The van der Waals surface area contributed by atoms with E-state index in [1.54, 1.807) is 0 Å². The van der Waals surface area contributed by atoms with E-state index < -0.39 is 79.8 Å². The van der Waals surface area contributed by atoms with Crippen LogP contribution in [0.3, 0.4) is 0 Å². The minimum atomic E-state index is -4.70. The monoisotopic (exact) mass is 462 g/mol. The molecule has 0 aliphatic heterocycles. The van der Waals surface area contributed by atoms with E-state index >= 15 is 43.9 Å². The molecule has 0 bridgehead atoms. The Balaban J connectivity index is 2.00. The summed E-state index contributed by atoms with van der Waals surface area (Å²) < 4.78 is 151. The van der Waals surface area contributed by atoms with Crippen LogP contribution < -0.4 is 0 Å². The number of alkyl halides is 8. The fraction of sp³-hybridized carbons (Fsp3) is 0.182. The van der Waals surface area contributed by atoms with Gasteiger partial charge in [-0.1, -0.05) is 48.5 Å². The van der Waals surface area contributed by atoms with E-state index in [9.17, 15) is 0 Å². The first-order valence-corrected chi connectivity index (χ1v) is 9.04. The first-order chi connectivity index (χ1) is 14.8. The largest absolute Gasteiger partial charge is 0.302 e. The van der Waals surface area contributed by atoms with Gasteiger partial charge in [0.1, 0.15) is 11.6 Å². The Morgan fingerprint density at radius 3 is 0.750 bits per heavy atom. The van der Waals surface area contributed by atoms with Gasteiger partial charge in [-0.15, -0.1) is 0 Å². The van der Waals surface area contributed by atoms with Gasteiger partial charge in [-0.3, -0.25) is 0 Å². The molecule has 2 aliphatic rings. The van der Waals surface area contributed by atoms with Gasteiger partial charge in [0.05, 0.1) is 22.3 Å². The number of halogens is 10. The Bertz CT molecular complexity index is 1110. The average molecular weight is 462 g/mol. The van der Waals surface area contributed by atoms with Crippen LogP contribution in [0.25, 0.3) is 0 Å². The van der Waals surface area contributed by atoms with E-state index in [0.29, 0.717) is 24.3 Å². The molecule has 0 heterocycles. The molecular formula is C22H8F10. The zero-order valence-corrected chi connectivity index (χ0v) is 15.4. The lowest BCUT2D eigenvalue weighted by molar-refractivity contribution is -0.0327. The number of benzene rings is 3. The van der Waals surface area contributed by atoms with E-state index in [0.717, 1.165) is 24.3 Å². The van der Waals surface area contributed by atoms with Gasteiger partial charge in [-0.05, 0) is 0 Å². The molecule has 0 radical (unpaired) electrons. The minimum Gasteiger partial charge on any atom is -0.206 e. The van der Waals surface area contributed by atoms with Gasteiger partial charge in [0.25, 0.3) is 0 Å². The van der Waals surface area contributed by atoms with Crippen LogP contribution in [0, 0.1) is 11.6 Å². The van der Waals surface area contributed by atoms with Gasteiger partial charge in [-0.25, -0.2) is 8.78 Å². The molecule has 0 nitrogen and oxygen atoms in total. The molecule has 0 saturated heterocycles. The molecule has 32 heavy (non-hydrogen) atoms. The topological polar surface area (TPSA) is 0 Å². The third-order valence-electron chi connectivity index (χ3n) is 5.84. The van der Waals surface area contributed by atoms with Crippen LogP contribution in [0.15, 0.2) is 48.5 Å². The molecule has 2 aliphatic carbocycles. The van der Waals surface area contributed by atoms with Crippen LogP contribution in [0.5, 0.6) is 0 Å². The Labute approximate surface area is 173 Å². The van der Waals surface area contributed by atoms with Crippen LogP contribution in [0.2, 0.25) is 0 Å². The Morgan fingerprint density at radius 2 is 0.562 bits per heavy atom. The third kappa shape index (κ3) is 2.20. The standard InChI is InChI=1S/C22H8F10/c23-17-13-14(20(27,28)10-6-2-1-5-9(10)19(13,25)26)18(24)16-15(17)21(29,30)11-7-3-4-8-12(11)22(16,31)32/h1-8H. The fourth-order valence-electron chi connectivity index (χ4n) is 4.47. The van der Waals surface area contributed by atoms with Crippen LogP contribution in [-0.2, 0) is 23.7 Å². The summed E-state index contributed by atoms with van der Waals surface area (Å²) in [6.45, 7) is 0. The van der Waals surface area contributed by atoms with Gasteiger partial charge in [0.2, 0.25) is 0 Å². The molecule has 0 spiro atoms. The highest BCUT2D eigenvalue weighted by Crippen LogP contribution is 2.61. The maximum absolute atomic E-state index is 15.3. The number of hydrogen-bond donors (Lipinski definition) is 0. The van der Waals surface area contributed by atoms with Gasteiger partial charge in [0.15, 0.2) is 0 Å². The van der Waals surface area contributed by atoms with Crippen molar-refractivity contribution in [3.63, 3.8) is 0 Å². The van der Waals surface area contributed by atoms with Gasteiger partial charge in [-0.2, -0.15) is 35.1 Å². The number of fused-ring (bicyclic) bond motifs is 4. The first kappa shape index (κ1) is 20.8. The van der Waals surface area contributed by atoms with E-state index in [2.05, 4.69) is 0 Å². The molecule has 5 rings (SSSR count). The molecule has 0 aromatic heterocycles. The highest BCUT2D eigenvalue weighted by atomic mass is 19.3. The zero-order chi connectivity index (χ0) is 23.4. The summed E-state index contributed by atoms with van der Waals surface area (Å²) in [4.78, 5) is 0. The van der Waals surface area contributed by atoms with Crippen molar-refractivity contribution in [3.05, 3.63) is 105 Å². The van der Waals surface area contributed by atoms with E-state index in [-0.39, 0.29) is 0 Å². The summed E-state index contributed by atoms with van der Waals surface area (Å²) in [5.41, 5.74) is -15.3. The SMILES string of the molecule is Fc1c2c(c(F)c3c1C(F)(F)c1ccccc1C3(F)F)C(F)(F)c1ccccc1C2(F)F. The normalized spacial score (nSPS) is 20.6. The molecule has 3 aromatic rings. The van der Waals surface area contributed by atoms with Crippen LogP contribution in [-0.4, -0.2) is 0 Å². The molecule has 0 fully saturated rings. The summed E-state index contributed by atoms with van der Waals surface area (Å²) in [6, 6.07) is 5.68. The summed E-state index contributed by atoms with van der Waals surface area (Å²) in [7, 11) is 0. The molecule has 166 valence electrons. The lowest BCUT2D eigenvalue weighted by Crippen LogP contribution is -2.42. The highest BCUT2D eigenvalue weighted by Gasteiger charge is 2.63. The van der Waals surface area contributed by atoms with Crippen LogP contribution >= 0.6 is 0 Å². The number of hydrogen-bond acceptors (Lipinski definition) is 0. The molecule has 0 unspecified atom stereocenters. The van der Waals surface area contributed by atoms with Crippen molar-refractivity contribution in [1.29, 1.82) is 0 Å². The Hall–Kier alpha value is -3.04. The highest BCUT2D eigenvalue weighted by molar-refractivity contribution is 5.63.